The lowest BCUT2D eigenvalue weighted by atomic mass is 10.3. The van der Waals surface area contributed by atoms with E-state index in [4.69, 9.17) is 11.6 Å². The average molecular weight is 330 g/mol. The molecule has 2 aromatic rings. The Kier molecular flexibility index (Phi) is 4.37. The van der Waals surface area contributed by atoms with Gasteiger partial charge in [0, 0.05) is 42.6 Å². The van der Waals surface area contributed by atoms with Gasteiger partial charge in [0.05, 0.1) is 16.9 Å². The van der Waals surface area contributed by atoms with Gasteiger partial charge < -0.3 is 0 Å². The van der Waals surface area contributed by atoms with Crippen molar-refractivity contribution in [1.29, 1.82) is 0 Å². The van der Waals surface area contributed by atoms with Crippen LogP contribution in [0.5, 0.6) is 0 Å². The van der Waals surface area contributed by atoms with E-state index in [1.807, 2.05) is 32.6 Å². The topological polar surface area (TPSA) is 34.0 Å². The minimum absolute atomic E-state index is 0.683. The van der Waals surface area contributed by atoms with Gasteiger partial charge in [-0.2, -0.15) is 5.10 Å². The van der Waals surface area contributed by atoms with Gasteiger partial charge in [0.2, 0.25) is 0 Å². The fourth-order valence-electron chi connectivity index (χ4n) is 1.74. The predicted molar refractivity (Wildman–Crippen MR) is 75.3 cm³/mol. The zero-order valence-electron chi connectivity index (χ0n) is 10.3. The first-order valence-corrected chi connectivity index (χ1v) is 6.67. The molecule has 0 unspecified atom stereocenters. The molecule has 0 spiro atoms. The maximum atomic E-state index is 6.15. The molecule has 0 atom stereocenters. The summed E-state index contributed by atoms with van der Waals surface area (Å²) < 4.78 is 2.69. The molecular weight excluding hydrogens is 316 g/mol. The quantitative estimate of drug-likeness (QED) is 0.865. The second-order valence-electron chi connectivity index (χ2n) is 4.28. The zero-order valence-corrected chi connectivity index (χ0v) is 12.6. The molecule has 0 saturated carbocycles. The maximum Gasteiger partial charge on any atom is 0.0730 e. The van der Waals surface area contributed by atoms with E-state index >= 15 is 0 Å². The third-order valence-corrected chi connectivity index (χ3v) is 3.28. The van der Waals surface area contributed by atoms with Gasteiger partial charge in [-0.1, -0.05) is 11.6 Å². The van der Waals surface area contributed by atoms with Crippen LogP contribution < -0.4 is 0 Å². The second kappa shape index (κ2) is 5.82. The van der Waals surface area contributed by atoms with Gasteiger partial charge in [0.25, 0.3) is 0 Å². The molecule has 0 bridgehead atoms. The Bertz CT molecular complexity index is 541. The van der Waals surface area contributed by atoms with Crippen molar-refractivity contribution in [1.82, 2.24) is 19.7 Å². The van der Waals surface area contributed by atoms with Crippen molar-refractivity contribution < 1.29 is 0 Å². The summed E-state index contributed by atoms with van der Waals surface area (Å²) in [5, 5.41) is 4.83. The number of hydrogen-bond acceptors (Lipinski definition) is 3. The normalized spacial score (nSPS) is 11.2. The molecule has 0 radical (unpaired) electrons. The van der Waals surface area contributed by atoms with E-state index in [-0.39, 0.29) is 0 Å². The maximum absolute atomic E-state index is 6.15. The van der Waals surface area contributed by atoms with Crippen molar-refractivity contribution in [2.75, 3.05) is 7.05 Å². The lowest BCUT2D eigenvalue weighted by molar-refractivity contribution is 0.315. The summed E-state index contributed by atoms with van der Waals surface area (Å²) in [7, 11) is 3.95. The van der Waals surface area contributed by atoms with Crippen LogP contribution in [0, 0.1) is 0 Å². The smallest absolute Gasteiger partial charge is 0.0730 e. The zero-order chi connectivity index (χ0) is 13.1. The highest BCUT2D eigenvalue weighted by Crippen LogP contribution is 2.20. The standard InChI is InChI=1S/C12H14BrClN4/c1-17(6-9-4-16-18(2)7-9)8-12-11(14)3-10(13)5-15-12/h3-5,7H,6,8H2,1-2H3. The second-order valence-corrected chi connectivity index (χ2v) is 5.60. The molecule has 6 heteroatoms. The summed E-state index contributed by atoms with van der Waals surface area (Å²) in [5.41, 5.74) is 2.06. The van der Waals surface area contributed by atoms with Crippen molar-refractivity contribution in [2.24, 2.45) is 7.05 Å². The minimum Gasteiger partial charge on any atom is -0.296 e. The molecule has 0 aliphatic rings. The Morgan fingerprint density at radius 3 is 2.78 bits per heavy atom. The number of aromatic nitrogens is 3. The van der Waals surface area contributed by atoms with E-state index in [9.17, 15) is 0 Å². The molecule has 0 aliphatic heterocycles. The molecule has 4 nitrogen and oxygen atoms in total. The van der Waals surface area contributed by atoms with Crippen molar-refractivity contribution in [3.05, 3.63) is 45.4 Å². The van der Waals surface area contributed by atoms with Crippen molar-refractivity contribution in [3.8, 4) is 0 Å². The highest BCUT2D eigenvalue weighted by molar-refractivity contribution is 9.10. The summed E-state index contributed by atoms with van der Waals surface area (Å²) >= 11 is 9.49. The molecule has 18 heavy (non-hydrogen) atoms. The van der Waals surface area contributed by atoms with E-state index < -0.39 is 0 Å². The lowest BCUT2D eigenvalue weighted by Crippen LogP contribution is -2.18. The SMILES string of the molecule is CN(Cc1cnn(C)c1)Cc1ncc(Br)cc1Cl. The van der Waals surface area contributed by atoms with Crippen LogP contribution in [0.25, 0.3) is 0 Å². The first-order valence-electron chi connectivity index (χ1n) is 5.50. The number of halogens is 2. The number of pyridine rings is 1. The Morgan fingerprint density at radius 1 is 1.39 bits per heavy atom. The largest absolute Gasteiger partial charge is 0.296 e. The van der Waals surface area contributed by atoms with E-state index in [1.165, 1.54) is 5.56 Å². The van der Waals surface area contributed by atoms with Crippen LogP contribution in [-0.4, -0.2) is 26.7 Å². The third kappa shape index (κ3) is 3.54. The molecule has 0 amide bonds. The molecule has 2 aromatic heterocycles. The average Bonchev–Trinajstić information content (AvgIpc) is 2.68. The number of rotatable bonds is 4. The number of hydrogen-bond donors (Lipinski definition) is 0. The molecular formula is C12H14BrClN4. The van der Waals surface area contributed by atoms with E-state index in [0.29, 0.717) is 11.6 Å². The fraction of sp³-hybridized carbons (Fsp3) is 0.333. The molecule has 2 heterocycles. The van der Waals surface area contributed by atoms with E-state index in [0.717, 1.165) is 16.7 Å². The summed E-state index contributed by atoms with van der Waals surface area (Å²) in [4.78, 5) is 6.48. The van der Waals surface area contributed by atoms with Gasteiger partial charge in [-0.25, -0.2) is 0 Å². The first kappa shape index (κ1) is 13.5. The highest BCUT2D eigenvalue weighted by Gasteiger charge is 2.08. The van der Waals surface area contributed by atoms with E-state index in [1.54, 1.807) is 10.9 Å². The molecule has 0 fully saturated rings. The molecule has 0 saturated heterocycles. The van der Waals surface area contributed by atoms with Crippen molar-refractivity contribution in [3.63, 3.8) is 0 Å². The van der Waals surface area contributed by atoms with Crippen LogP contribution in [0.1, 0.15) is 11.3 Å². The first-order chi connectivity index (χ1) is 8.54. The van der Waals surface area contributed by atoms with Gasteiger partial charge in [-0.15, -0.1) is 0 Å². The number of nitrogens with zero attached hydrogens (tertiary/aromatic N) is 4. The van der Waals surface area contributed by atoms with Crippen LogP contribution in [0.4, 0.5) is 0 Å². The highest BCUT2D eigenvalue weighted by atomic mass is 79.9. The molecule has 0 aromatic carbocycles. The summed E-state index contributed by atoms with van der Waals surface area (Å²) in [6.07, 6.45) is 5.64. The molecule has 0 N–H and O–H groups in total. The van der Waals surface area contributed by atoms with E-state index in [2.05, 4.69) is 30.9 Å². The van der Waals surface area contributed by atoms with Gasteiger partial charge in [-0.05, 0) is 29.0 Å². The monoisotopic (exact) mass is 328 g/mol. The van der Waals surface area contributed by atoms with Crippen molar-refractivity contribution >= 4 is 27.5 Å². The molecule has 96 valence electrons. The predicted octanol–water partition coefficient (Wildman–Crippen LogP) is 2.86. The van der Waals surface area contributed by atoms with Crippen molar-refractivity contribution in [2.45, 2.75) is 13.1 Å². The Balaban J connectivity index is 2.00. The molecule has 2 rings (SSSR count). The summed E-state index contributed by atoms with van der Waals surface area (Å²) in [6.45, 7) is 1.53. The number of aryl methyl sites for hydroxylation is 1. The van der Waals surface area contributed by atoms with Gasteiger partial charge in [0.15, 0.2) is 0 Å². The van der Waals surface area contributed by atoms with Crippen LogP contribution in [-0.2, 0) is 20.1 Å². The Hall–Kier alpha value is -0.910. The minimum atomic E-state index is 0.683. The van der Waals surface area contributed by atoms with Crippen LogP contribution in [0.15, 0.2) is 29.1 Å². The Morgan fingerprint density at radius 2 is 2.17 bits per heavy atom. The lowest BCUT2D eigenvalue weighted by Gasteiger charge is -2.15. The Labute approximate surface area is 120 Å². The van der Waals surface area contributed by atoms with Gasteiger partial charge in [0.1, 0.15) is 0 Å². The van der Waals surface area contributed by atoms with Crippen LogP contribution >= 0.6 is 27.5 Å². The van der Waals surface area contributed by atoms with Crippen LogP contribution in [0.3, 0.4) is 0 Å². The third-order valence-electron chi connectivity index (χ3n) is 2.51. The fourth-order valence-corrected chi connectivity index (χ4v) is 2.43. The molecule has 0 aliphatic carbocycles. The van der Waals surface area contributed by atoms with Gasteiger partial charge in [-0.3, -0.25) is 14.6 Å². The summed E-state index contributed by atoms with van der Waals surface area (Å²) in [5.74, 6) is 0. The van der Waals surface area contributed by atoms with Crippen LogP contribution in [0.2, 0.25) is 5.02 Å². The summed E-state index contributed by atoms with van der Waals surface area (Å²) in [6, 6.07) is 1.86. The van der Waals surface area contributed by atoms with Gasteiger partial charge >= 0.3 is 0 Å².